The molecule has 0 aliphatic rings. The van der Waals surface area contributed by atoms with Gasteiger partial charge >= 0.3 is 5.97 Å². The molecule has 0 fully saturated rings. The van der Waals surface area contributed by atoms with Gasteiger partial charge in [-0.2, -0.15) is 0 Å². The molecule has 1 amide bonds. The highest BCUT2D eigenvalue weighted by Crippen LogP contribution is 2.18. The number of rotatable bonds is 6. The molecule has 0 saturated heterocycles. The number of benzene rings is 1. The molecule has 0 spiro atoms. The lowest BCUT2D eigenvalue weighted by molar-refractivity contribution is 0.0690. The molecule has 0 aromatic heterocycles. The maximum Gasteiger partial charge on any atom is 0.336 e. The summed E-state index contributed by atoms with van der Waals surface area (Å²) in [6, 6.07) is 3.34. The number of carboxylic acid groups (broad SMARTS) is 1. The van der Waals surface area contributed by atoms with E-state index in [9.17, 15) is 23.1 Å². The number of aryl methyl sites for hydroxylation is 2. The quantitative estimate of drug-likeness (QED) is 0.768. The van der Waals surface area contributed by atoms with E-state index in [4.69, 9.17) is 0 Å². The maximum atomic E-state index is 12.1. The van der Waals surface area contributed by atoms with Gasteiger partial charge in [-0.1, -0.05) is 12.1 Å². The number of sulfone groups is 1. The summed E-state index contributed by atoms with van der Waals surface area (Å²) in [5, 5.41) is 11.8. The third kappa shape index (κ3) is 4.86. The molecule has 1 aromatic rings. The number of hydrogen-bond acceptors (Lipinski definition) is 4. The van der Waals surface area contributed by atoms with Crippen molar-refractivity contribution in [3.63, 3.8) is 0 Å². The first-order chi connectivity index (χ1) is 9.63. The van der Waals surface area contributed by atoms with Crippen molar-refractivity contribution >= 4 is 21.7 Å². The highest BCUT2D eigenvalue weighted by molar-refractivity contribution is 7.90. The fourth-order valence-corrected chi connectivity index (χ4v) is 2.67. The fourth-order valence-electron chi connectivity index (χ4n) is 2.00. The Balaban J connectivity index is 2.88. The minimum absolute atomic E-state index is 0.0180. The Morgan fingerprint density at radius 1 is 1.14 bits per heavy atom. The summed E-state index contributed by atoms with van der Waals surface area (Å²) in [5.41, 5.74) is 1.19. The second kappa shape index (κ2) is 6.71. The molecule has 0 atom stereocenters. The number of hydrogen-bond donors (Lipinski definition) is 2. The molecule has 6 nitrogen and oxygen atoms in total. The van der Waals surface area contributed by atoms with Crippen molar-refractivity contribution in [3.05, 3.63) is 34.4 Å². The van der Waals surface area contributed by atoms with Crippen LogP contribution in [0.4, 0.5) is 0 Å². The molecular weight excluding hydrogens is 294 g/mol. The van der Waals surface area contributed by atoms with Gasteiger partial charge in [0.05, 0.1) is 16.9 Å². The first kappa shape index (κ1) is 17.2. The SMILES string of the molecule is Cc1ccc(C)c(C(=O)NCCCS(C)(=O)=O)c1C(=O)O. The molecule has 1 rings (SSSR count). The average molecular weight is 313 g/mol. The third-order valence-corrected chi connectivity index (χ3v) is 4.07. The van der Waals surface area contributed by atoms with Crippen molar-refractivity contribution in [1.82, 2.24) is 5.32 Å². The predicted molar refractivity (Wildman–Crippen MR) is 79.5 cm³/mol. The molecule has 0 aliphatic carbocycles. The zero-order valence-corrected chi connectivity index (χ0v) is 13.1. The summed E-state index contributed by atoms with van der Waals surface area (Å²) in [6.07, 6.45) is 1.42. The first-order valence-electron chi connectivity index (χ1n) is 6.43. The minimum atomic E-state index is -3.07. The summed E-state index contributed by atoms with van der Waals surface area (Å²) >= 11 is 0. The van der Waals surface area contributed by atoms with Crippen molar-refractivity contribution in [1.29, 1.82) is 0 Å². The zero-order valence-electron chi connectivity index (χ0n) is 12.3. The Morgan fingerprint density at radius 2 is 1.67 bits per heavy atom. The van der Waals surface area contributed by atoms with Gasteiger partial charge in [0.15, 0.2) is 0 Å². The summed E-state index contributed by atoms with van der Waals surface area (Å²) in [7, 11) is -3.07. The van der Waals surface area contributed by atoms with Crippen LogP contribution in [0.3, 0.4) is 0 Å². The Bertz CT molecular complexity index is 664. The van der Waals surface area contributed by atoms with Crippen LogP contribution in [-0.2, 0) is 9.84 Å². The van der Waals surface area contributed by atoms with Crippen LogP contribution in [0.15, 0.2) is 12.1 Å². The Labute approximate surface area is 124 Å². The van der Waals surface area contributed by atoms with Gasteiger partial charge in [0.1, 0.15) is 9.84 Å². The number of carbonyl (C=O) groups is 2. The van der Waals surface area contributed by atoms with Gasteiger partial charge in [0.2, 0.25) is 0 Å². The second-order valence-electron chi connectivity index (χ2n) is 4.99. The van der Waals surface area contributed by atoms with Crippen molar-refractivity contribution < 1.29 is 23.1 Å². The molecule has 0 saturated carbocycles. The van der Waals surface area contributed by atoms with Crippen LogP contribution in [0.5, 0.6) is 0 Å². The van der Waals surface area contributed by atoms with Gasteiger partial charge in [-0.25, -0.2) is 13.2 Å². The molecule has 0 unspecified atom stereocenters. The highest BCUT2D eigenvalue weighted by Gasteiger charge is 2.20. The summed E-state index contributed by atoms with van der Waals surface area (Å²) < 4.78 is 22.0. The average Bonchev–Trinajstić information content (AvgIpc) is 2.35. The zero-order chi connectivity index (χ0) is 16.2. The standard InChI is InChI=1S/C14H19NO5S/c1-9-5-6-10(2)12(14(17)18)11(9)13(16)15-7-4-8-21(3,19)20/h5-6H,4,7-8H2,1-3H3,(H,15,16)(H,17,18). The number of carbonyl (C=O) groups excluding carboxylic acids is 1. The van der Waals surface area contributed by atoms with Gasteiger partial charge in [0, 0.05) is 12.8 Å². The smallest absolute Gasteiger partial charge is 0.336 e. The molecule has 21 heavy (non-hydrogen) atoms. The van der Waals surface area contributed by atoms with Gasteiger partial charge in [0.25, 0.3) is 5.91 Å². The highest BCUT2D eigenvalue weighted by atomic mass is 32.2. The topological polar surface area (TPSA) is 101 Å². The monoisotopic (exact) mass is 313 g/mol. The van der Waals surface area contributed by atoms with Crippen LogP contribution < -0.4 is 5.32 Å². The normalized spacial score (nSPS) is 11.2. The van der Waals surface area contributed by atoms with E-state index in [1.807, 2.05) is 0 Å². The number of carboxylic acids is 1. The van der Waals surface area contributed by atoms with E-state index in [1.54, 1.807) is 26.0 Å². The number of aromatic carboxylic acids is 1. The van der Waals surface area contributed by atoms with Gasteiger partial charge < -0.3 is 10.4 Å². The lowest BCUT2D eigenvalue weighted by atomic mass is 9.96. The number of amides is 1. The van der Waals surface area contributed by atoms with Crippen molar-refractivity contribution in [2.45, 2.75) is 20.3 Å². The van der Waals surface area contributed by atoms with E-state index in [2.05, 4.69) is 5.32 Å². The maximum absolute atomic E-state index is 12.1. The van der Waals surface area contributed by atoms with Crippen LogP contribution in [-0.4, -0.2) is 44.0 Å². The van der Waals surface area contributed by atoms with Crippen LogP contribution in [0, 0.1) is 13.8 Å². The second-order valence-corrected chi connectivity index (χ2v) is 7.25. The first-order valence-corrected chi connectivity index (χ1v) is 8.49. The lowest BCUT2D eigenvalue weighted by Gasteiger charge is -2.12. The fraction of sp³-hybridized carbons (Fsp3) is 0.429. The van der Waals surface area contributed by atoms with Crippen molar-refractivity contribution in [2.24, 2.45) is 0 Å². The van der Waals surface area contributed by atoms with Gasteiger partial charge in [-0.05, 0) is 31.4 Å². The Kier molecular flexibility index (Phi) is 5.48. The van der Waals surface area contributed by atoms with E-state index < -0.39 is 21.7 Å². The molecule has 7 heteroatoms. The van der Waals surface area contributed by atoms with Gasteiger partial charge in [-0.15, -0.1) is 0 Å². The largest absolute Gasteiger partial charge is 0.478 e. The van der Waals surface area contributed by atoms with E-state index in [0.717, 1.165) is 6.26 Å². The summed E-state index contributed by atoms with van der Waals surface area (Å²) in [4.78, 5) is 23.4. The molecule has 2 N–H and O–H groups in total. The number of nitrogens with one attached hydrogen (secondary N) is 1. The van der Waals surface area contributed by atoms with E-state index in [1.165, 1.54) is 0 Å². The van der Waals surface area contributed by atoms with Crippen molar-refractivity contribution in [2.75, 3.05) is 18.6 Å². The van der Waals surface area contributed by atoms with Crippen LogP contribution in [0.1, 0.15) is 38.3 Å². The van der Waals surface area contributed by atoms with Crippen LogP contribution >= 0.6 is 0 Å². The van der Waals surface area contributed by atoms with E-state index >= 15 is 0 Å². The summed E-state index contributed by atoms with van der Waals surface area (Å²) in [6.45, 7) is 3.47. The molecule has 0 radical (unpaired) electrons. The Morgan fingerprint density at radius 3 is 2.14 bits per heavy atom. The predicted octanol–water partition coefficient (Wildman–Crippen LogP) is 1.17. The van der Waals surface area contributed by atoms with E-state index in [-0.39, 0.29) is 29.8 Å². The summed E-state index contributed by atoms with van der Waals surface area (Å²) in [5.74, 6) is -1.68. The van der Waals surface area contributed by atoms with Crippen LogP contribution in [0.25, 0.3) is 0 Å². The molecule has 0 bridgehead atoms. The van der Waals surface area contributed by atoms with Crippen molar-refractivity contribution in [3.8, 4) is 0 Å². The third-order valence-electron chi connectivity index (χ3n) is 3.04. The minimum Gasteiger partial charge on any atom is -0.478 e. The molecule has 0 aliphatic heterocycles. The molecule has 0 heterocycles. The molecule has 116 valence electrons. The van der Waals surface area contributed by atoms with Gasteiger partial charge in [-0.3, -0.25) is 4.79 Å². The van der Waals surface area contributed by atoms with Crippen LogP contribution in [0.2, 0.25) is 0 Å². The molecule has 1 aromatic carbocycles. The van der Waals surface area contributed by atoms with E-state index in [0.29, 0.717) is 11.1 Å². The Hall–Kier alpha value is -1.89. The molecular formula is C14H19NO5S. The lowest BCUT2D eigenvalue weighted by Crippen LogP contribution is -2.28.